The monoisotopic (exact) mass is 529 g/mol. The van der Waals surface area contributed by atoms with Gasteiger partial charge in [-0.3, -0.25) is 5.43 Å². The fraction of sp³-hybridized carbons (Fsp3) is 0.200. The summed E-state index contributed by atoms with van der Waals surface area (Å²) < 4.78 is 77.0. The molecule has 2 aromatic carbocycles. The summed E-state index contributed by atoms with van der Waals surface area (Å²) in [7, 11) is 0. The number of rotatable bonds is 5. The van der Waals surface area contributed by atoms with Gasteiger partial charge < -0.3 is 4.84 Å². The van der Waals surface area contributed by atoms with Crippen LogP contribution in [0.2, 0.25) is 15.1 Å². The van der Waals surface area contributed by atoms with Crippen molar-refractivity contribution in [3.05, 3.63) is 62.1 Å². The van der Waals surface area contributed by atoms with Gasteiger partial charge >= 0.3 is 12.4 Å². The summed E-state index contributed by atoms with van der Waals surface area (Å²) in [4.78, 5) is 4.81. The highest BCUT2D eigenvalue weighted by molar-refractivity contribution is 6.41. The normalized spacial score (nSPS) is 12.5. The number of hydrazone groups is 1. The lowest BCUT2D eigenvalue weighted by Gasteiger charge is -2.12. The molecule has 13 heteroatoms. The Morgan fingerprint density at radius 1 is 0.970 bits per heavy atom. The predicted octanol–water partition coefficient (Wildman–Crippen LogP) is 7.53. The molecule has 0 aromatic heterocycles. The van der Waals surface area contributed by atoms with Crippen LogP contribution in [0.25, 0.3) is 0 Å². The molecule has 0 saturated carbocycles. The zero-order chi connectivity index (χ0) is 24.8. The fourth-order valence-corrected chi connectivity index (χ4v) is 3.07. The average molecular weight is 531 g/mol. The first-order valence-electron chi connectivity index (χ1n) is 8.66. The van der Waals surface area contributed by atoms with Crippen molar-refractivity contribution in [2.75, 3.05) is 12.0 Å². The summed E-state index contributed by atoms with van der Waals surface area (Å²) in [5, 5.41) is 8.30. The first-order valence-corrected chi connectivity index (χ1v) is 9.79. The van der Waals surface area contributed by atoms with Crippen molar-refractivity contribution in [1.29, 1.82) is 0 Å². The van der Waals surface area contributed by atoms with E-state index in [-0.39, 0.29) is 16.1 Å². The third-order valence-corrected chi connectivity index (χ3v) is 4.44. The van der Waals surface area contributed by atoms with E-state index in [9.17, 15) is 26.3 Å². The highest BCUT2D eigenvalue weighted by atomic mass is 35.5. The molecule has 2 rings (SSSR count). The minimum absolute atomic E-state index is 0.0204. The Morgan fingerprint density at radius 2 is 1.52 bits per heavy atom. The van der Waals surface area contributed by atoms with Gasteiger partial charge in [0.1, 0.15) is 0 Å². The van der Waals surface area contributed by atoms with E-state index in [0.717, 1.165) is 0 Å². The molecule has 176 valence electrons. The zero-order valence-corrected chi connectivity index (χ0v) is 18.6. The van der Waals surface area contributed by atoms with Crippen LogP contribution < -0.4 is 5.43 Å². The molecule has 0 fully saturated rings. The van der Waals surface area contributed by atoms with Crippen LogP contribution in [0.3, 0.4) is 0 Å². The third kappa shape index (κ3) is 8.35. The van der Waals surface area contributed by atoms with Crippen LogP contribution in [0, 0.1) is 11.8 Å². The molecule has 0 aliphatic heterocycles. The van der Waals surface area contributed by atoms with Gasteiger partial charge in [-0.15, -0.1) is 0 Å². The molecule has 2 aromatic rings. The summed E-state index contributed by atoms with van der Waals surface area (Å²) >= 11 is 17.8. The maximum atomic E-state index is 12.8. The second-order valence-corrected chi connectivity index (χ2v) is 7.46. The van der Waals surface area contributed by atoms with Crippen LogP contribution >= 0.6 is 34.8 Å². The zero-order valence-electron chi connectivity index (χ0n) is 16.4. The van der Waals surface area contributed by atoms with E-state index < -0.39 is 35.6 Å². The van der Waals surface area contributed by atoms with Crippen molar-refractivity contribution < 1.29 is 31.2 Å². The molecule has 0 amide bonds. The molecular formula is C20H12Cl3F6N3O. The lowest BCUT2D eigenvalue weighted by Crippen LogP contribution is -2.11. The minimum Gasteiger partial charge on any atom is -0.383 e. The van der Waals surface area contributed by atoms with E-state index in [2.05, 4.69) is 27.5 Å². The number of nitrogens with one attached hydrogen (secondary N) is 1. The molecule has 0 aliphatic rings. The molecule has 0 radical (unpaired) electrons. The second-order valence-electron chi connectivity index (χ2n) is 6.21. The molecule has 0 aliphatic carbocycles. The van der Waals surface area contributed by atoms with Crippen molar-refractivity contribution in [2.45, 2.75) is 19.3 Å². The van der Waals surface area contributed by atoms with Crippen molar-refractivity contribution in [3.8, 4) is 11.8 Å². The number of hydrogen-bond acceptors (Lipinski definition) is 4. The van der Waals surface area contributed by atoms with Gasteiger partial charge in [0.05, 0.1) is 38.8 Å². The van der Waals surface area contributed by atoms with Crippen molar-refractivity contribution >= 4 is 52.4 Å². The van der Waals surface area contributed by atoms with Gasteiger partial charge in [-0.05, 0) is 37.3 Å². The van der Waals surface area contributed by atoms with Gasteiger partial charge in [-0.2, -0.15) is 31.4 Å². The Morgan fingerprint density at radius 3 is 2.03 bits per heavy atom. The van der Waals surface area contributed by atoms with Gasteiger partial charge in [-0.1, -0.05) is 51.8 Å². The molecule has 0 bridgehead atoms. The minimum atomic E-state index is -4.95. The van der Waals surface area contributed by atoms with Crippen LogP contribution in [0.15, 0.2) is 40.6 Å². The first kappa shape index (κ1) is 26.6. The third-order valence-electron chi connectivity index (χ3n) is 3.62. The predicted molar refractivity (Wildman–Crippen MR) is 116 cm³/mol. The highest BCUT2D eigenvalue weighted by Gasteiger charge is 2.36. The van der Waals surface area contributed by atoms with Crippen molar-refractivity contribution in [3.63, 3.8) is 0 Å². The molecule has 4 nitrogen and oxygen atoms in total. The molecule has 0 atom stereocenters. The summed E-state index contributed by atoms with van der Waals surface area (Å²) in [6.07, 6.45) is -8.73. The molecular weight excluding hydrogens is 519 g/mol. The van der Waals surface area contributed by atoms with Crippen LogP contribution in [-0.2, 0) is 17.2 Å². The van der Waals surface area contributed by atoms with Gasteiger partial charge in [-0.25, -0.2) is 0 Å². The lowest BCUT2D eigenvalue weighted by molar-refractivity contribution is -0.143. The highest BCUT2D eigenvalue weighted by Crippen LogP contribution is 2.36. The number of oxime groups is 1. The van der Waals surface area contributed by atoms with E-state index in [1.54, 1.807) is 6.92 Å². The Kier molecular flexibility index (Phi) is 8.89. The summed E-state index contributed by atoms with van der Waals surface area (Å²) in [6, 6.07) is 3.97. The number of hydrogen-bond donors (Lipinski definition) is 1. The Balaban J connectivity index is 2.00. The van der Waals surface area contributed by atoms with E-state index in [4.69, 9.17) is 39.6 Å². The Hall–Kier alpha value is -2.61. The van der Waals surface area contributed by atoms with Gasteiger partial charge in [0.25, 0.3) is 0 Å². The number of halogens is 9. The smallest absolute Gasteiger partial charge is 0.383 e. The summed E-state index contributed by atoms with van der Waals surface area (Å²) in [5.41, 5.74) is -0.136. The SMILES string of the molecule is CC(/C=N/OCC#Cc1cc(C(F)(F)F)cc(C(F)(F)F)c1)=N\Nc1c(Cl)cc(Cl)cc1Cl. The van der Waals surface area contributed by atoms with Crippen LogP contribution in [0.4, 0.5) is 32.0 Å². The lowest BCUT2D eigenvalue weighted by atomic mass is 10.1. The molecule has 0 spiro atoms. The van der Waals surface area contributed by atoms with Crippen molar-refractivity contribution in [2.24, 2.45) is 10.3 Å². The van der Waals surface area contributed by atoms with E-state index in [1.807, 2.05) is 0 Å². The van der Waals surface area contributed by atoms with Crippen LogP contribution in [-0.4, -0.2) is 18.5 Å². The van der Waals surface area contributed by atoms with Gasteiger partial charge in [0.15, 0.2) is 6.61 Å². The topological polar surface area (TPSA) is 46.0 Å². The fourth-order valence-electron chi connectivity index (χ4n) is 2.17. The van der Waals surface area contributed by atoms with Gasteiger partial charge in [0.2, 0.25) is 0 Å². The quantitative estimate of drug-likeness (QED) is 0.143. The Labute approximate surface area is 199 Å². The van der Waals surface area contributed by atoms with Crippen molar-refractivity contribution in [1.82, 2.24) is 0 Å². The number of nitrogens with zero attached hydrogens (tertiary/aromatic N) is 2. The van der Waals surface area contributed by atoms with E-state index in [1.165, 1.54) is 18.3 Å². The first-order chi connectivity index (χ1) is 15.3. The van der Waals surface area contributed by atoms with Crippen LogP contribution in [0.5, 0.6) is 0 Å². The maximum absolute atomic E-state index is 12.8. The maximum Gasteiger partial charge on any atom is 0.416 e. The van der Waals surface area contributed by atoms with E-state index >= 15 is 0 Å². The summed E-state index contributed by atoms with van der Waals surface area (Å²) in [5.74, 6) is 4.48. The average Bonchev–Trinajstić information content (AvgIpc) is 2.68. The Bertz CT molecular complexity index is 1080. The van der Waals surface area contributed by atoms with E-state index in [0.29, 0.717) is 28.6 Å². The summed E-state index contributed by atoms with van der Waals surface area (Å²) in [6.45, 7) is 1.15. The molecule has 0 heterocycles. The molecule has 0 saturated heterocycles. The number of anilines is 1. The molecule has 33 heavy (non-hydrogen) atoms. The second kappa shape index (κ2) is 11.0. The largest absolute Gasteiger partial charge is 0.416 e. The van der Waals surface area contributed by atoms with Crippen LogP contribution in [0.1, 0.15) is 23.6 Å². The standard InChI is InChI=1S/C20H12Cl3F6N3O/c1-11(31-32-18-16(22)8-15(21)9-17(18)23)10-30-33-4-2-3-12-5-13(19(24,25)26)7-14(6-12)20(27,28)29/h5-10,32H,4H2,1H3/b30-10+,31-11+. The molecule has 0 unspecified atom stereocenters. The van der Waals surface area contributed by atoms with Gasteiger partial charge in [0, 0.05) is 10.6 Å². The number of alkyl halides is 6. The molecule has 1 N–H and O–H groups in total. The number of benzene rings is 2.